The van der Waals surface area contributed by atoms with E-state index in [-0.39, 0.29) is 17.9 Å². The van der Waals surface area contributed by atoms with E-state index in [2.05, 4.69) is 10.6 Å². The minimum Gasteiger partial charge on any atom is -0.345 e. The van der Waals surface area contributed by atoms with Gasteiger partial charge in [0.25, 0.3) is 0 Å². The van der Waals surface area contributed by atoms with Gasteiger partial charge in [-0.15, -0.1) is 0 Å². The topological polar surface area (TPSA) is 61.4 Å². The first-order chi connectivity index (χ1) is 9.43. The van der Waals surface area contributed by atoms with E-state index in [1.54, 1.807) is 11.9 Å². The van der Waals surface area contributed by atoms with E-state index < -0.39 is 0 Å². The third kappa shape index (κ3) is 5.01. The molecule has 1 rings (SSSR count). The zero-order valence-corrected chi connectivity index (χ0v) is 12.6. The van der Waals surface area contributed by atoms with Gasteiger partial charge in [-0.05, 0) is 31.5 Å². The van der Waals surface area contributed by atoms with E-state index in [1.807, 2.05) is 38.1 Å². The number of carbonyl (C=O) groups is 2. The van der Waals surface area contributed by atoms with Crippen LogP contribution in [0.15, 0.2) is 24.3 Å². The standard InChI is InChI=1S/C15H23N3O2/c1-5-18(4)15(20)11(2)16-10-13-6-8-14(9-7-13)17-12(3)19/h6-9,11,16H,5,10H2,1-4H3,(H,17,19). The van der Waals surface area contributed by atoms with E-state index >= 15 is 0 Å². The van der Waals surface area contributed by atoms with Crippen molar-refractivity contribution in [2.24, 2.45) is 0 Å². The fraction of sp³-hybridized carbons (Fsp3) is 0.467. The fourth-order valence-corrected chi connectivity index (χ4v) is 1.75. The second-order valence-electron chi connectivity index (χ2n) is 4.83. The summed E-state index contributed by atoms with van der Waals surface area (Å²) >= 11 is 0. The molecular formula is C15H23N3O2. The Morgan fingerprint density at radius 1 is 1.25 bits per heavy atom. The Morgan fingerprint density at radius 2 is 1.85 bits per heavy atom. The molecule has 2 N–H and O–H groups in total. The summed E-state index contributed by atoms with van der Waals surface area (Å²) in [5, 5.41) is 5.91. The van der Waals surface area contributed by atoms with Crippen molar-refractivity contribution >= 4 is 17.5 Å². The van der Waals surface area contributed by atoms with Crippen molar-refractivity contribution < 1.29 is 9.59 Å². The van der Waals surface area contributed by atoms with Crippen LogP contribution in [0, 0.1) is 0 Å². The zero-order chi connectivity index (χ0) is 15.1. The predicted octanol–water partition coefficient (Wildman–Crippen LogP) is 1.60. The van der Waals surface area contributed by atoms with Crippen molar-refractivity contribution in [3.8, 4) is 0 Å². The van der Waals surface area contributed by atoms with Gasteiger partial charge in [-0.25, -0.2) is 0 Å². The van der Waals surface area contributed by atoms with Gasteiger partial charge in [0, 0.05) is 32.7 Å². The number of rotatable bonds is 6. The quantitative estimate of drug-likeness (QED) is 0.830. The smallest absolute Gasteiger partial charge is 0.239 e. The van der Waals surface area contributed by atoms with E-state index in [0.29, 0.717) is 13.1 Å². The lowest BCUT2D eigenvalue weighted by atomic mass is 10.2. The van der Waals surface area contributed by atoms with Gasteiger partial charge in [-0.2, -0.15) is 0 Å². The first kappa shape index (κ1) is 16.2. The third-order valence-corrected chi connectivity index (χ3v) is 3.11. The molecule has 0 aliphatic heterocycles. The number of nitrogens with one attached hydrogen (secondary N) is 2. The monoisotopic (exact) mass is 277 g/mol. The number of nitrogens with zero attached hydrogens (tertiary/aromatic N) is 1. The van der Waals surface area contributed by atoms with Gasteiger partial charge in [0.15, 0.2) is 0 Å². The van der Waals surface area contributed by atoms with E-state index in [0.717, 1.165) is 11.3 Å². The van der Waals surface area contributed by atoms with Crippen LogP contribution < -0.4 is 10.6 Å². The lowest BCUT2D eigenvalue weighted by Gasteiger charge is -2.20. The van der Waals surface area contributed by atoms with Crippen LogP contribution in [0.1, 0.15) is 26.3 Å². The van der Waals surface area contributed by atoms with Crippen LogP contribution in [0.5, 0.6) is 0 Å². The summed E-state index contributed by atoms with van der Waals surface area (Å²) < 4.78 is 0. The maximum atomic E-state index is 11.9. The molecule has 0 saturated carbocycles. The Balaban J connectivity index is 2.49. The van der Waals surface area contributed by atoms with Crippen LogP contribution in [0.3, 0.4) is 0 Å². The molecule has 0 fully saturated rings. The number of hydrogen-bond acceptors (Lipinski definition) is 3. The van der Waals surface area contributed by atoms with Crippen LogP contribution in [-0.4, -0.2) is 36.3 Å². The van der Waals surface area contributed by atoms with Gasteiger partial charge in [0.05, 0.1) is 6.04 Å². The number of carbonyl (C=O) groups excluding carboxylic acids is 2. The van der Waals surface area contributed by atoms with Crippen molar-refractivity contribution in [1.82, 2.24) is 10.2 Å². The van der Waals surface area contributed by atoms with Crippen LogP contribution in [0.4, 0.5) is 5.69 Å². The third-order valence-electron chi connectivity index (χ3n) is 3.11. The first-order valence-corrected chi connectivity index (χ1v) is 6.79. The molecule has 0 saturated heterocycles. The highest BCUT2D eigenvalue weighted by molar-refractivity contribution is 5.88. The molecule has 20 heavy (non-hydrogen) atoms. The van der Waals surface area contributed by atoms with Gasteiger partial charge in [-0.1, -0.05) is 12.1 Å². The molecule has 5 heteroatoms. The zero-order valence-electron chi connectivity index (χ0n) is 12.6. The molecular weight excluding hydrogens is 254 g/mol. The minimum atomic E-state index is -0.213. The van der Waals surface area contributed by atoms with Gasteiger partial charge in [-0.3, -0.25) is 9.59 Å². The molecule has 110 valence electrons. The van der Waals surface area contributed by atoms with E-state index in [9.17, 15) is 9.59 Å². The first-order valence-electron chi connectivity index (χ1n) is 6.79. The fourth-order valence-electron chi connectivity index (χ4n) is 1.75. The Labute approximate surface area is 120 Å². The second-order valence-corrected chi connectivity index (χ2v) is 4.83. The Morgan fingerprint density at radius 3 is 2.35 bits per heavy atom. The average Bonchev–Trinajstić information content (AvgIpc) is 2.44. The highest BCUT2D eigenvalue weighted by atomic mass is 16.2. The summed E-state index contributed by atoms with van der Waals surface area (Å²) in [6, 6.07) is 7.35. The molecule has 1 aromatic rings. The van der Waals surface area contributed by atoms with Crippen molar-refractivity contribution in [3.63, 3.8) is 0 Å². The van der Waals surface area contributed by atoms with E-state index in [1.165, 1.54) is 6.92 Å². The minimum absolute atomic E-state index is 0.0855. The number of anilines is 1. The SMILES string of the molecule is CCN(C)C(=O)C(C)NCc1ccc(NC(C)=O)cc1. The van der Waals surface area contributed by atoms with Gasteiger partial charge >= 0.3 is 0 Å². The largest absolute Gasteiger partial charge is 0.345 e. The summed E-state index contributed by atoms with van der Waals surface area (Å²) in [6.07, 6.45) is 0. The number of likely N-dealkylation sites (N-methyl/N-ethyl adjacent to an activating group) is 1. The molecule has 1 atom stereocenters. The Hall–Kier alpha value is -1.88. The maximum absolute atomic E-state index is 11.9. The molecule has 0 radical (unpaired) electrons. The van der Waals surface area contributed by atoms with Crippen molar-refractivity contribution in [3.05, 3.63) is 29.8 Å². The maximum Gasteiger partial charge on any atom is 0.239 e. The van der Waals surface area contributed by atoms with Crippen molar-refractivity contribution in [1.29, 1.82) is 0 Å². The van der Waals surface area contributed by atoms with Crippen LogP contribution >= 0.6 is 0 Å². The molecule has 1 aromatic carbocycles. The van der Waals surface area contributed by atoms with Crippen LogP contribution in [-0.2, 0) is 16.1 Å². The Bertz CT molecular complexity index is 457. The summed E-state index contributed by atoms with van der Waals surface area (Å²) in [7, 11) is 1.79. The van der Waals surface area contributed by atoms with Gasteiger partial charge < -0.3 is 15.5 Å². The molecule has 0 spiro atoms. The molecule has 0 heterocycles. The lowest BCUT2D eigenvalue weighted by Crippen LogP contribution is -2.42. The average molecular weight is 277 g/mol. The molecule has 0 aromatic heterocycles. The van der Waals surface area contributed by atoms with E-state index in [4.69, 9.17) is 0 Å². The van der Waals surface area contributed by atoms with Crippen molar-refractivity contribution in [2.75, 3.05) is 18.9 Å². The normalized spacial score (nSPS) is 11.8. The molecule has 5 nitrogen and oxygen atoms in total. The molecule has 0 aliphatic carbocycles. The van der Waals surface area contributed by atoms with Crippen molar-refractivity contribution in [2.45, 2.75) is 33.4 Å². The second kappa shape index (κ2) is 7.65. The van der Waals surface area contributed by atoms with Crippen LogP contribution in [0.2, 0.25) is 0 Å². The number of benzene rings is 1. The molecule has 0 aliphatic rings. The lowest BCUT2D eigenvalue weighted by molar-refractivity contribution is -0.131. The number of hydrogen-bond donors (Lipinski definition) is 2. The highest BCUT2D eigenvalue weighted by Gasteiger charge is 2.15. The van der Waals surface area contributed by atoms with Crippen LogP contribution in [0.25, 0.3) is 0 Å². The van der Waals surface area contributed by atoms with Gasteiger partial charge in [0.1, 0.15) is 0 Å². The summed E-state index contributed by atoms with van der Waals surface area (Å²) in [6.45, 7) is 6.61. The Kier molecular flexibility index (Phi) is 6.18. The van der Waals surface area contributed by atoms with Gasteiger partial charge in [0.2, 0.25) is 11.8 Å². The molecule has 2 amide bonds. The number of amides is 2. The molecule has 0 bridgehead atoms. The summed E-state index contributed by atoms with van der Waals surface area (Å²) in [4.78, 5) is 24.5. The molecule has 1 unspecified atom stereocenters. The summed E-state index contributed by atoms with van der Waals surface area (Å²) in [5.41, 5.74) is 1.84. The summed E-state index contributed by atoms with van der Waals surface area (Å²) in [5.74, 6) is 0.0000585. The highest BCUT2D eigenvalue weighted by Crippen LogP contribution is 2.09. The predicted molar refractivity (Wildman–Crippen MR) is 80.4 cm³/mol.